The molecule has 1 fully saturated rings. The quantitative estimate of drug-likeness (QED) is 0.00979. The third kappa shape index (κ3) is 33.0. The Morgan fingerprint density at radius 1 is 0.496 bits per heavy atom. The molecule has 47 nitrogen and oxygen atoms in total. The smallest absolute Gasteiger partial charge is 0.326 e. The van der Waals surface area contributed by atoms with Crippen LogP contribution in [0.1, 0.15) is 149 Å². The van der Waals surface area contributed by atoms with E-state index in [0.717, 1.165) is 11.8 Å². The maximum absolute atomic E-state index is 15.3. The summed E-state index contributed by atoms with van der Waals surface area (Å²) in [5.41, 5.74) is 30.7. The minimum Gasteiger partial charge on any atom is -0.480 e. The van der Waals surface area contributed by atoms with Crippen LogP contribution in [0.3, 0.4) is 0 Å². The fourth-order valence-electron chi connectivity index (χ4n) is 14.5. The van der Waals surface area contributed by atoms with Crippen molar-refractivity contribution in [2.45, 2.75) is 242 Å². The number of nitrogens with zero attached hydrogens (tertiary/aromatic N) is 2. The van der Waals surface area contributed by atoms with Crippen LogP contribution in [0.15, 0.2) is 73.4 Å². The fourth-order valence-corrected chi connectivity index (χ4v) is 14.5. The molecular weight excluding hydrogens is 1710 g/mol. The molecule has 2 aromatic carbocycles. The lowest BCUT2D eigenvalue weighted by Crippen LogP contribution is -2.63. The molecule has 0 bridgehead atoms. The number of nitrogens with one attached hydrogen (secondary N) is 20. The zero-order valence-electron chi connectivity index (χ0n) is 74.5. The number of imidazole rings is 1. The van der Waals surface area contributed by atoms with Crippen molar-refractivity contribution >= 4 is 134 Å². The van der Waals surface area contributed by atoms with Crippen LogP contribution in [-0.4, -0.2) is 276 Å². The molecule has 131 heavy (non-hydrogen) atoms. The predicted octanol–water partition coefficient (Wildman–Crippen LogP) is -6.06. The van der Waals surface area contributed by atoms with Crippen LogP contribution in [0.4, 0.5) is 0 Å². The lowest BCUT2D eigenvalue weighted by Gasteiger charge is -2.31. The zero-order chi connectivity index (χ0) is 97.0. The summed E-state index contributed by atoms with van der Waals surface area (Å²) in [5.74, 6) is -19.7. The Kier molecular flexibility index (Phi) is 42.0. The lowest BCUT2D eigenvalue weighted by atomic mass is 9.95. The average molecular weight is 1840 g/mol. The SMILES string of the molecule is CC[C@H](C)[C@H](NC(=O)[C@H](CO)NC(=O)[C@H](CCC(N)=O)NC(=O)[C@H](CCCNC(=N)N)NC(=O)CNC(=O)[C@@H](N)Cc1cnc[nH]1)C(=O)N[C@@H](Cc1c[nH]c2ccccc12)C(=O)N[C@H](C(=O)N[C@H](C(=O)N[C@@H](Cc1c[nH]c2ccccc12)C(=O)N[C@@H](CCCNC(=N)N)C(=O)N[C@@H](C)C(=O)N[C@@H](CCC(N)=O)C(=O)N1CCC[C@H]1C(=O)N[C@H](C(=O)O)C(C)C)[C@@H](C)O)[C@@H](C)CC. The highest BCUT2D eigenvalue weighted by atomic mass is 16.4. The van der Waals surface area contributed by atoms with Gasteiger partial charge in [-0.15, -0.1) is 0 Å². The average Bonchev–Trinajstić information content (AvgIpc) is 1.84. The maximum atomic E-state index is 15.3. The van der Waals surface area contributed by atoms with Crippen LogP contribution in [-0.2, 0) is 101 Å². The number of guanidine groups is 2. The molecule has 47 heteroatoms. The second-order valence-electron chi connectivity index (χ2n) is 32.8. The summed E-state index contributed by atoms with van der Waals surface area (Å²) >= 11 is 0. The number of H-pyrrole nitrogens is 3. The van der Waals surface area contributed by atoms with Gasteiger partial charge in [-0.25, -0.2) is 9.78 Å². The van der Waals surface area contributed by atoms with Crippen molar-refractivity contribution in [2.75, 3.05) is 32.8 Å². The Bertz CT molecular complexity index is 4830. The number of fused-ring (bicyclic) bond motifs is 2. The van der Waals surface area contributed by atoms with Gasteiger partial charge in [0, 0.05) is 97.8 Å². The number of aromatic nitrogens is 4. The van der Waals surface area contributed by atoms with E-state index in [1.54, 1.807) is 102 Å². The van der Waals surface area contributed by atoms with E-state index in [0.29, 0.717) is 45.0 Å². The van der Waals surface area contributed by atoms with Crippen molar-refractivity contribution in [1.29, 1.82) is 10.8 Å². The summed E-state index contributed by atoms with van der Waals surface area (Å²) in [6.07, 6.45) is 2.37. The van der Waals surface area contributed by atoms with E-state index < -0.39 is 253 Å². The lowest BCUT2D eigenvalue weighted by molar-refractivity contribution is -0.146. The van der Waals surface area contributed by atoms with Crippen LogP contribution in [0, 0.1) is 28.6 Å². The summed E-state index contributed by atoms with van der Waals surface area (Å²) in [5, 5.41) is 86.7. The van der Waals surface area contributed by atoms with E-state index in [-0.39, 0.29) is 90.3 Å². The molecule has 0 saturated carbocycles. The van der Waals surface area contributed by atoms with Crippen LogP contribution >= 0.6 is 0 Å². The highest BCUT2D eigenvalue weighted by molar-refractivity contribution is 6.02. The molecular formula is C84H127N27O20. The third-order valence-electron chi connectivity index (χ3n) is 22.4. The highest BCUT2D eigenvalue weighted by Gasteiger charge is 2.43. The molecule has 4 heterocycles. The van der Waals surface area contributed by atoms with Gasteiger partial charge in [0.15, 0.2) is 11.9 Å². The molecule has 0 unspecified atom stereocenters. The number of hydrogen-bond donors (Lipinski definition) is 28. The standard InChI is InChI=1S/C84H127N27O20/c1-9-42(5)66(109-76(124)60(39-112)106-73(121)56(25-27-62(86)114)102-72(120)54(22-15-29-93-83(88)89)100-64(116)38-97-70(118)51(85)34-48-37-92-40-98-48)78(126)104-59(33-47-36-96-53-21-14-12-19-50(47)53)75(123)108-67(43(6)10-2)79(127)110-68(45(8)113)80(128)105-58(32-46-35-95-52-20-13-11-18-49(46)52)74(122)101-55(23-16-30-94-84(90)91)71(119)99-44(7)69(117)103-57(26-28-63(87)115)81(129)111-31-17-24-61(111)77(125)107-65(41(3)4)82(130)131/h11-14,18-21,35-37,40-45,51,54-61,65-68,95-96,112-113H,9-10,15-17,22-34,38-39,85H2,1-8H3,(H2,86,114)(H2,87,115)(H,92,98)(H,97,118)(H,99,119)(H,100,116)(H,101,122)(H,102,120)(H,103,117)(H,104,126)(H,105,128)(H,106,121)(H,107,125)(H,108,123)(H,109,124)(H,110,127)(H,130,131)(H4,88,89,93)(H4,90,91,94)/t42-,43-,44-,45+,51-,54-,55-,56-,57-,58-,59-,60-,61-,65-,66-,67-,68-/m0/s1. The van der Waals surface area contributed by atoms with E-state index in [2.05, 4.69) is 99.7 Å². The monoisotopic (exact) mass is 1830 g/mol. The number of hydrogen-bond acceptors (Lipinski definition) is 23. The minimum atomic E-state index is -1.93. The van der Waals surface area contributed by atoms with Crippen LogP contribution in [0.2, 0.25) is 0 Å². The molecule has 5 aromatic rings. The van der Waals surface area contributed by atoms with E-state index in [9.17, 15) is 72.9 Å². The molecule has 3 aromatic heterocycles. The van der Waals surface area contributed by atoms with Crippen molar-refractivity contribution in [3.63, 3.8) is 0 Å². The first-order chi connectivity index (χ1) is 62.1. The molecule has 718 valence electrons. The van der Waals surface area contributed by atoms with Crippen molar-refractivity contribution in [3.8, 4) is 0 Å². The summed E-state index contributed by atoms with van der Waals surface area (Å²) in [6.45, 7) is 10.3. The number of carbonyl (C=O) groups excluding carboxylic acids is 16. The first-order valence-corrected chi connectivity index (χ1v) is 43.3. The van der Waals surface area contributed by atoms with E-state index in [1.165, 1.54) is 19.4 Å². The number of para-hydroxylation sites is 2. The van der Waals surface area contributed by atoms with Gasteiger partial charge < -0.3 is 144 Å². The van der Waals surface area contributed by atoms with Gasteiger partial charge in [-0.1, -0.05) is 90.8 Å². The van der Waals surface area contributed by atoms with E-state index in [1.807, 2.05) is 0 Å². The van der Waals surface area contributed by atoms with Crippen molar-refractivity contribution in [3.05, 3.63) is 90.3 Å². The van der Waals surface area contributed by atoms with Gasteiger partial charge in [-0.3, -0.25) is 87.5 Å². The van der Waals surface area contributed by atoms with Crippen molar-refractivity contribution in [1.82, 2.24) is 105 Å². The van der Waals surface area contributed by atoms with Gasteiger partial charge in [-0.05, 0) is 106 Å². The van der Waals surface area contributed by atoms with Gasteiger partial charge in [0.1, 0.15) is 78.5 Å². The summed E-state index contributed by atoms with van der Waals surface area (Å²) in [6, 6.07) is -7.74. The zero-order valence-corrected chi connectivity index (χ0v) is 74.5. The number of aromatic amines is 3. The molecule has 16 amide bonds. The molecule has 0 aliphatic carbocycles. The number of aliphatic hydroxyl groups is 2. The van der Waals surface area contributed by atoms with Crippen LogP contribution < -0.4 is 108 Å². The molecule has 1 aliphatic heterocycles. The summed E-state index contributed by atoms with van der Waals surface area (Å²) in [4.78, 5) is 252. The number of rotatable bonds is 55. The second-order valence-corrected chi connectivity index (χ2v) is 32.8. The van der Waals surface area contributed by atoms with Crippen molar-refractivity contribution < 1.29 is 96.8 Å². The Hall–Kier alpha value is -13.9. The molecule has 0 radical (unpaired) electrons. The van der Waals surface area contributed by atoms with E-state index in [4.69, 9.17) is 39.5 Å². The Balaban J connectivity index is 1.23. The number of nitrogens with two attached hydrogens (primary N) is 5. The van der Waals surface area contributed by atoms with Crippen LogP contribution in [0.25, 0.3) is 21.8 Å². The number of aliphatic hydroxyl groups excluding tert-OH is 2. The molecule has 33 N–H and O–H groups in total. The number of aliphatic carboxylic acids is 1. The van der Waals surface area contributed by atoms with Gasteiger partial charge in [0.2, 0.25) is 94.5 Å². The number of likely N-dealkylation sites (tertiary alicyclic amines) is 1. The molecule has 1 aliphatic rings. The molecule has 17 atom stereocenters. The van der Waals surface area contributed by atoms with Gasteiger partial charge in [0.25, 0.3) is 0 Å². The number of carboxylic acids is 1. The Morgan fingerprint density at radius 3 is 1.40 bits per heavy atom. The van der Waals surface area contributed by atoms with Gasteiger partial charge >= 0.3 is 5.97 Å². The second kappa shape index (κ2) is 52.0. The predicted molar refractivity (Wildman–Crippen MR) is 476 cm³/mol. The topological polar surface area (TPSA) is 773 Å². The number of carboxylic acid groups (broad SMARTS) is 1. The Labute approximate surface area is 755 Å². The van der Waals surface area contributed by atoms with Gasteiger partial charge in [0.05, 0.1) is 31.6 Å². The van der Waals surface area contributed by atoms with Gasteiger partial charge in [-0.2, -0.15) is 0 Å². The molecule has 0 spiro atoms. The van der Waals surface area contributed by atoms with Crippen LogP contribution in [0.5, 0.6) is 0 Å². The Morgan fingerprint density at radius 2 is 0.931 bits per heavy atom. The number of benzene rings is 2. The first kappa shape index (κ1) is 106. The van der Waals surface area contributed by atoms with E-state index >= 15 is 24.0 Å². The molecule has 6 rings (SSSR count). The normalized spacial score (nSPS) is 16.1. The number of primary amides is 2. The third-order valence-corrected chi connectivity index (χ3v) is 22.4. The summed E-state index contributed by atoms with van der Waals surface area (Å²) < 4.78 is 0. The van der Waals surface area contributed by atoms with Crippen molar-refractivity contribution in [2.24, 2.45) is 46.4 Å². The maximum Gasteiger partial charge on any atom is 0.326 e. The largest absolute Gasteiger partial charge is 0.480 e. The highest BCUT2D eigenvalue weighted by Crippen LogP contribution is 2.25. The molecule has 1 saturated heterocycles. The first-order valence-electron chi connectivity index (χ1n) is 43.3. The summed E-state index contributed by atoms with van der Waals surface area (Å²) in [7, 11) is 0. The number of amides is 16. The fraction of sp³-hybridized carbons (Fsp3) is 0.548. The minimum absolute atomic E-state index is 0.0160. The number of carbonyl (C=O) groups is 17.